The van der Waals surface area contributed by atoms with Gasteiger partial charge in [-0.15, -0.1) is 0 Å². The number of fused-ring (bicyclic) bond motifs is 1. The molecule has 0 amide bonds. The van der Waals surface area contributed by atoms with Crippen molar-refractivity contribution in [2.24, 2.45) is 28.6 Å². The minimum absolute atomic E-state index is 0.0855. The van der Waals surface area contributed by atoms with Gasteiger partial charge in [-0.05, 0) is 85.7 Å². The van der Waals surface area contributed by atoms with Gasteiger partial charge in [0.2, 0.25) is 0 Å². The smallest absolute Gasteiger partial charge is 0.393 e. The number of halogens is 13. The Bertz CT molecular complexity index is 1410. The summed E-state index contributed by atoms with van der Waals surface area (Å²) in [5.41, 5.74) is -0.692. The van der Waals surface area contributed by atoms with Crippen LogP contribution in [-0.4, -0.2) is 80.6 Å². The highest BCUT2D eigenvalue weighted by molar-refractivity contribution is 5.38. The molecule has 0 radical (unpaired) electrons. The first-order valence-electron chi connectivity index (χ1n) is 16.5. The second kappa shape index (κ2) is 13.3. The summed E-state index contributed by atoms with van der Waals surface area (Å²) in [5.74, 6) is -38.8. The Morgan fingerprint density at radius 3 is 1.90 bits per heavy atom. The number of aliphatic hydroxyl groups excluding tert-OH is 4. The summed E-state index contributed by atoms with van der Waals surface area (Å²) in [5, 5.41) is 41.2. The molecule has 4 aliphatic carbocycles. The van der Waals surface area contributed by atoms with Crippen LogP contribution in [-0.2, 0) is 0 Å². The summed E-state index contributed by atoms with van der Waals surface area (Å²) in [4.78, 5) is 0. The van der Waals surface area contributed by atoms with Gasteiger partial charge in [0.05, 0.1) is 18.3 Å². The first-order chi connectivity index (χ1) is 23.0. The van der Waals surface area contributed by atoms with Crippen LogP contribution < -0.4 is 0 Å². The molecule has 0 aromatic rings. The van der Waals surface area contributed by atoms with Gasteiger partial charge in [-0.2, -0.15) is 57.1 Å². The summed E-state index contributed by atoms with van der Waals surface area (Å²) in [7, 11) is 0. The van der Waals surface area contributed by atoms with Crippen LogP contribution in [0.15, 0.2) is 47.6 Å². The molecule has 292 valence electrons. The summed E-state index contributed by atoms with van der Waals surface area (Å²) in [6.45, 7) is 7.68. The molecule has 51 heavy (non-hydrogen) atoms. The second-order valence-corrected chi connectivity index (χ2v) is 14.9. The lowest BCUT2D eigenvalue weighted by Gasteiger charge is -2.44. The van der Waals surface area contributed by atoms with Gasteiger partial charge in [0.25, 0.3) is 0 Å². The summed E-state index contributed by atoms with van der Waals surface area (Å²) >= 11 is 0. The van der Waals surface area contributed by atoms with Crippen molar-refractivity contribution in [1.29, 1.82) is 0 Å². The summed E-state index contributed by atoms with van der Waals surface area (Å²) in [6, 6.07) is 0. The molecule has 0 aromatic heterocycles. The van der Waals surface area contributed by atoms with Gasteiger partial charge < -0.3 is 20.4 Å². The standard InChI is InChI=1S/C34H41F13O4/c1-17(22-9-10-23-19(5-4-12-27(22,23)3)7-8-20-15-21(48)16-24(49)18(20)2)6-11-25(50)28(13-14-28)26(51)29(35,36)30(37,38)31(39,40)32(41,42)33(43,44)34(45,46)47/h6-8,11,17,21-26,48-51H,2,4-5,9-10,12-16H2,1,3H3/b11-6+,19-7+,20-8-/t17-,21-,22-,23+,24+,25-,26-,27-/m1/s1. The zero-order valence-electron chi connectivity index (χ0n) is 27.6. The van der Waals surface area contributed by atoms with Crippen LogP contribution in [0.5, 0.6) is 0 Å². The number of alkyl halides is 13. The lowest BCUT2D eigenvalue weighted by molar-refractivity contribution is -0.446. The largest absolute Gasteiger partial charge is 0.460 e. The van der Waals surface area contributed by atoms with E-state index in [-0.39, 0.29) is 23.7 Å². The molecule has 0 spiro atoms. The fourth-order valence-electron chi connectivity index (χ4n) is 8.40. The highest BCUT2D eigenvalue weighted by atomic mass is 19.4. The van der Waals surface area contributed by atoms with Gasteiger partial charge in [0.1, 0.15) is 6.10 Å². The second-order valence-electron chi connectivity index (χ2n) is 14.9. The predicted molar refractivity (Wildman–Crippen MR) is 158 cm³/mol. The quantitative estimate of drug-likeness (QED) is 0.126. The number of allylic oxidation sites excluding steroid dienone is 4. The Morgan fingerprint density at radius 2 is 1.35 bits per heavy atom. The normalized spacial score (nSPS) is 33.1. The van der Waals surface area contributed by atoms with Crippen molar-refractivity contribution in [3.05, 3.63) is 47.6 Å². The van der Waals surface area contributed by atoms with E-state index >= 15 is 0 Å². The van der Waals surface area contributed by atoms with Gasteiger partial charge in [-0.25, -0.2) is 0 Å². The average molecular weight is 761 g/mol. The molecule has 8 atom stereocenters. The van der Waals surface area contributed by atoms with E-state index in [4.69, 9.17) is 0 Å². The summed E-state index contributed by atoms with van der Waals surface area (Å²) in [6.07, 6.45) is -6.63. The fraction of sp³-hybridized carbons (Fsp3) is 0.765. The van der Waals surface area contributed by atoms with Crippen molar-refractivity contribution in [1.82, 2.24) is 0 Å². The Hall–Kier alpha value is -2.11. The van der Waals surface area contributed by atoms with E-state index in [1.807, 2.05) is 12.2 Å². The molecule has 17 heteroatoms. The number of aliphatic hydroxyl groups is 4. The van der Waals surface area contributed by atoms with Gasteiger partial charge in [0.15, 0.2) is 0 Å². The first-order valence-corrected chi connectivity index (χ1v) is 16.5. The van der Waals surface area contributed by atoms with Crippen LogP contribution in [0.2, 0.25) is 0 Å². The minimum atomic E-state index is -8.08. The molecule has 4 N–H and O–H groups in total. The minimum Gasteiger partial charge on any atom is -0.393 e. The van der Waals surface area contributed by atoms with E-state index < -0.39 is 84.4 Å². The lowest BCUT2D eigenvalue weighted by atomic mass is 9.61. The molecule has 0 aliphatic heterocycles. The Morgan fingerprint density at radius 1 is 0.784 bits per heavy atom. The van der Waals surface area contributed by atoms with Crippen molar-refractivity contribution >= 4 is 0 Å². The van der Waals surface area contributed by atoms with Gasteiger partial charge >= 0.3 is 35.8 Å². The van der Waals surface area contributed by atoms with Crippen molar-refractivity contribution in [3.8, 4) is 0 Å². The molecular formula is C34H41F13O4. The Labute approximate surface area is 285 Å². The van der Waals surface area contributed by atoms with Gasteiger partial charge in [-0.3, -0.25) is 0 Å². The molecule has 0 aromatic carbocycles. The van der Waals surface area contributed by atoms with Crippen LogP contribution in [0.25, 0.3) is 0 Å². The number of rotatable bonds is 11. The number of hydrogen-bond donors (Lipinski definition) is 4. The van der Waals surface area contributed by atoms with E-state index in [1.54, 1.807) is 6.92 Å². The Kier molecular flexibility index (Phi) is 10.9. The SMILES string of the molecule is C=C1/C(=C\C=C2/CCC[C@]3(C)[C@@H]([C@H](C)/C=C/[C@@H](O)C4([C@@H](O)C(F)(F)C(F)(F)C(F)(F)C(F)(F)C(F)(F)C(F)(F)F)CC4)CC[C@@H]23)C[C@@H](O)C[C@@H]1O. The molecule has 4 saturated carbocycles. The molecule has 4 nitrogen and oxygen atoms in total. The lowest BCUT2D eigenvalue weighted by Crippen LogP contribution is -2.72. The van der Waals surface area contributed by atoms with Crippen LogP contribution in [0.3, 0.4) is 0 Å². The van der Waals surface area contributed by atoms with E-state index in [9.17, 15) is 77.5 Å². The van der Waals surface area contributed by atoms with Crippen LogP contribution in [0.1, 0.15) is 71.6 Å². The summed E-state index contributed by atoms with van der Waals surface area (Å²) < 4.78 is 178. The van der Waals surface area contributed by atoms with Crippen molar-refractivity contribution in [2.75, 3.05) is 0 Å². The molecule has 0 heterocycles. The fourth-order valence-corrected chi connectivity index (χ4v) is 8.40. The highest BCUT2D eigenvalue weighted by Crippen LogP contribution is 2.65. The zero-order valence-corrected chi connectivity index (χ0v) is 27.6. The molecule has 4 aliphatic rings. The third kappa shape index (κ3) is 6.57. The van der Waals surface area contributed by atoms with E-state index in [1.165, 1.54) is 6.08 Å². The molecule has 0 bridgehead atoms. The maximum absolute atomic E-state index is 14.8. The molecular weight excluding hydrogens is 719 g/mol. The van der Waals surface area contributed by atoms with Gasteiger partial charge in [0, 0.05) is 11.8 Å². The predicted octanol–water partition coefficient (Wildman–Crippen LogP) is 8.56. The van der Waals surface area contributed by atoms with Crippen molar-refractivity contribution in [2.45, 2.75) is 132 Å². The van der Waals surface area contributed by atoms with Crippen molar-refractivity contribution < 1.29 is 77.5 Å². The molecule has 0 unspecified atom stereocenters. The third-order valence-corrected chi connectivity index (χ3v) is 11.8. The van der Waals surface area contributed by atoms with Crippen LogP contribution in [0, 0.1) is 28.6 Å². The maximum Gasteiger partial charge on any atom is 0.460 e. The Balaban J connectivity index is 1.51. The zero-order chi connectivity index (χ0) is 39.0. The third-order valence-electron chi connectivity index (χ3n) is 11.8. The molecule has 0 saturated heterocycles. The van der Waals surface area contributed by atoms with Crippen molar-refractivity contribution in [3.63, 3.8) is 0 Å². The monoisotopic (exact) mass is 760 g/mol. The van der Waals surface area contributed by atoms with Crippen LogP contribution >= 0.6 is 0 Å². The van der Waals surface area contributed by atoms with E-state index in [0.29, 0.717) is 18.4 Å². The topological polar surface area (TPSA) is 80.9 Å². The highest BCUT2D eigenvalue weighted by Gasteiger charge is 2.92. The van der Waals surface area contributed by atoms with E-state index in [2.05, 4.69) is 13.5 Å². The van der Waals surface area contributed by atoms with Crippen LogP contribution in [0.4, 0.5) is 57.1 Å². The van der Waals surface area contributed by atoms with E-state index in [0.717, 1.165) is 42.9 Å². The van der Waals surface area contributed by atoms with Gasteiger partial charge in [-0.1, -0.05) is 50.3 Å². The molecule has 4 rings (SSSR count). The molecule has 4 fully saturated rings. The average Bonchev–Trinajstić information content (AvgIpc) is 3.75. The number of hydrogen-bond acceptors (Lipinski definition) is 4. The first kappa shape index (κ1) is 41.6. The maximum atomic E-state index is 14.8.